The number of nitrogens with zero attached hydrogens (tertiary/aromatic N) is 2. The highest BCUT2D eigenvalue weighted by Crippen LogP contribution is 2.32. The van der Waals surface area contributed by atoms with E-state index in [1.165, 1.54) is 23.4 Å². The van der Waals surface area contributed by atoms with Gasteiger partial charge < -0.3 is 4.90 Å². The standard InChI is InChI=1S/C23H21ClF2N2/c24-19-9-7-18(8-10-19)23-16-27(15-17-6-11-21(25)22(26)14-17)12-13-28(23)20-4-2-1-3-5-20/h1-11,14,23H,12-13,15-16H2. The molecule has 28 heavy (non-hydrogen) atoms. The Morgan fingerprint density at radius 1 is 0.857 bits per heavy atom. The first-order valence-corrected chi connectivity index (χ1v) is 9.71. The quantitative estimate of drug-likeness (QED) is 0.557. The Bertz CT molecular complexity index is 931. The van der Waals surface area contributed by atoms with E-state index in [4.69, 9.17) is 11.6 Å². The summed E-state index contributed by atoms with van der Waals surface area (Å²) in [5.74, 6) is -1.61. The van der Waals surface area contributed by atoms with Crippen LogP contribution in [0, 0.1) is 11.6 Å². The Labute approximate surface area is 169 Å². The molecule has 5 heteroatoms. The molecule has 0 amide bonds. The van der Waals surface area contributed by atoms with E-state index in [1.807, 2.05) is 30.3 Å². The van der Waals surface area contributed by atoms with Gasteiger partial charge in [-0.05, 0) is 47.5 Å². The number of benzene rings is 3. The van der Waals surface area contributed by atoms with Crippen LogP contribution in [0.4, 0.5) is 14.5 Å². The van der Waals surface area contributed by atoms with Crippen LogP contribution in [-0.4, -0.2) is 24.5 Å². The molecule has 0 N–H and O–H groups in total. The maximum absolute atomic E-state index is 13.6. The minimum atomic E-state index is -0.809. The SMILES string of the molecule is Fc1ccc(CN2CCN(c3ccccc3)C(c3ccc(Cl)cc3)C2)cc1F. The number of anilines is 1. The molecule has 3 aromatic carbocycles. The summed E-state index contributed by atoms with van der Waals surface area (Å²) >= 11 is 6.08. The van der Waals surface area contributed by atoms with Gasteiger partial charge in [0.05, 0.1) is 6.04 Å². The lowest BCUT2D eigenvalue weighted by Crippen LogP contribution is -2.48. The highest BCUT2D eigenvalue weighted by molar-refractivity contribution is 6.30. The van der Waals surface area contributed by atoms with E-state index in [9.17, 15) is 8.78 Å². The fraction of sp³-hybridized carbons (Fsp3) is 0.217. The third kappa shape index (κ3) is 4.18. The lowest BCUT2D eigenvalue weighted by atomic mass is 10.0. The first-order valence-electron chi connectivity index (χ1n) is 9.33. The summed E-state index contributed by atoms with van der Waals surface area (Å²) in [7, 11) is 0. The zero-order valence-corrected chi connectivity index (χ0v) is 16.1. The fourth-order valence-electron chi connectivity index (χ4n) is 3.78. The molecule has 1 atom stereocenters. The number of hydrogen-bond acceptors (Lipinski definition) is 2. The first kappa shape index (κ1) is 18.9. The smallest absolute Gasteiger partial charge is 0.159 e. The molecule has 0 saturated carbocycles. The number of halogens is 3. The molecule has 2 nitrogen and oxygen atoms in total. The van der Waals surface area contributed by atoms with E-state index in [1.54, 1.807) is 6.07 Å². The van der Waals surface area contributed by atoms with E-state index < -0.39 is 11.6 Å². The lowest BCUT2D eigenvalue weighted by Gasteiger charge is -2.43. The van der Waals surface area contributed by atoms with E-state index in [2.05, 4.69) is 34.1 Å². The first-order chi connectivity index (χ1) is 13.6. The van der Waals surface area contributed by atoms with E-state index in [0.29, 0.717) is 11.6 Å². The topological polar surface area (TPSA) is 6.48 Å². The third-order valence-corrected chi connectivity index (χ3v) is 5.45. The van der Waals surface area contributed by atoms with Crippen LogP contribution in [0.5, 0.6) is 0 Å². The van der Waals surface area contributed by atoms with Gasteiger partial charge in [0.15, 0.2) is 11.6 Å². The second-order valence-electron chi connectivity index (χ2n) is 7.08. The zero-order valence-electron chi connectivity index (χ0n) is 15.4. The predicted molar refractivity (Wildman–Crippen MR) is 110 cm³/mol. The summed E-state index contributed by atoms with van der Waals surface area (Å²) < 4.78 is 26.8. The summed E-state index contributed by atoms with van der Waals surface area (Å²) in [6.45, 7) is 3.07. The molecule has 0 spiro atoms. The molecule has 0 aromatic heterocycles. The van der Waals surface area contributed by atoms with Crippen molar-refractivity contribution in [2.45, 2.75) is 12.6 Å². The van der Waals surface area contributed by atoms with Gasteiger partial charge in [-0.3, -0.25) is 4.90 Å². The van der Waals surface area contributed by atoms with Crippen molar-refractivity contribution in [2.24, 2.45) is 0 Å². The predicted octanol–water partition coefficient (Wildman–Crippen LogP) is 5.68. The van der Waals surface area contributed by atoms with E-state index in [0.717, 1.165) is 25.2 Å². The molecule has 1 aliphatic rings. The van der Waals surface area contributed by atoms with Gasteiger partial charge in [-0.2, -0.15) is 0 Å². The van der Waals surface area contributed by atoms with Gasteiger partial charge in [0, 0.05) is 36.9 Å². The number of hydrogen-bond donors (Lipinski definition) is 0. The minimum absolute atomic E-state index is 0.152. The van der Waals surface area contributed by atoms with Crippen molar-refractivity contribution in [3.8, 4) is 0 Å². The van der Waals surface area contributed by atoms with Gasteiger partial charge in [0.25, 0.3) is 0 Å². The fourth-order valence-corrected chi connectivity index (χ4v) is 3.90. The molecule has 1 aliphatic heterocycles. The Balaban J connectivity index is 1.58. The molecule has 1 heterocycles. The van der Waals surface area contributed by atoms with Crippen LogP contribution in [0.1, 0.15) is 17.2 Å². The molecule has 1 unspecified atom stereocenters. The molecule has 0 radical (unpaired) electrons. The maximum Gasteiger partial charge on any atom is 0.159 e. The van der Waals surface area contributed by atoms with Crippen LogP contribution in [0.25, 0.3) is 0 Å². The van der Waals surface area contributed by atoms with Gasteiger partial charge >= 0.3 is 0 Å². The molecule has 0 bridgehead atoms. The summed E-state index contributed by atoms with van der Waals surface area (Å²) in [5.41, 5.74) is 3.14. The molecular formula is C23H21ClF2N2. The maximum atomic E-state index is 13.6. The van der Waals surface area contributed by atoms with E-state index >= 15 is 0 Å². The lowest BCUT2D eigenvalue weighted by molar-refractivity contribution is 0.215. The Morgan fingerprint density at radius 2 is 1.61 bits per heavy atom. The molecule has 3 aromatic rings. The number of piperazine rings is 1. The van der Waals surface area contributed by atoms with E-state index in [-0.39, 0.29) is 6.04 Å². The van der Waals surface area contributed by atoms with Crippen molar-refractivity contribution < 1.29 is 8.78 Å². The summed E-state index contributed by atoms with van der Waals surface area (Å²) in [4.78, 5) is 4.68. The number of para-hydroxylation sites is 1. The van der Waals surface area contributed by atoms with Gasteiger partial charge in [-0.1, -0.05) is 48.0 Å². The van der Waals surface area contributed by atoms with Gasteiger partial charge in [-0.25, -0.2) is 8.78 Å². The molecule has 144 valence electrons. The average Bonchev–Trinajstić information content (AvgIpc) is 2.72. The van der Waals surface area contributed by atoms with Crippen molar-refractivity contribution in [3.05, 3.63) is 101 Å². The van der Waals surface area contributed by atoms with Crippen LogP contribution in [0.15, 0.2) is 72.8 Å². The highest BCUT2D eigenvalue weighted by atomic mass is 35.5. The van der Waals surface area contributed by atoms with Crippen molar-refractivity contribution >= 4 is 17.3 Å². The molecular weight excluding hydrogens is 378 g/mol. The number of rotatable bonds is 4. The monoisotopic (exact) mass is 398 g/mol. The molecule has 0 aliphatic carbocycles. The zero-order chi connectivity index (χ0) is 19.5. The second-order valence-corrected chi connectivity index (χ2v) is 7.52. The van der Waals surface area contributed by atoms with Gasteiger partial charge in [0.1, 0.15) is 0 Å². The molecule has 1 fully saturated rings. The third-order valence-electron chi connectivity index (χ3n) is 5.20. The van der Waals surface area contributed by atoms with Crippen molar-refractivity contribution in [1.82, 2.24) is 4.90 Å². The van der Waals surface area contributed by atoms with Crippen LogP contribution >= 0.6 is 11.6 Å². The van der Waals surface area contributed by atoms with Crippen molar-refractivity contribution in [2.75, 3.05) is 24.5 Å². The summed E-state index contributed by atoms with van der Waals surface area (Å²) in [6, 6.07) is 22.6. The van der Waals surface area contributed by atoms with Gasteiger partial charge in [0.2, 0.25) is 0 Å². The average molecular weight is 399 g/mol. The highest BCUT2D eigenvalue weighted by Gasteiger charge is 2.28. The molecule has 1 saturated heterocycles. The Kier molecular flexibility index (Phi) is 5.60. The minimum Gasteiger partial charge on any atom is -0.362 e. The van der Waals surface area contributed by atoms with Crippen LogP contribution < -0.4 is 4.90 Å². The summed E-state index contributed by atoms with van der Waals surface area (Å²) in [6.07, 6.45) is 0. The van der Waals surface area contributed by atoms with Crippen molar-refractivity contribution in [1.29, 1.82) is 0 Å². The second kappa shape index (κ2) is 8.29. The Morgan fingerprint density at radius 3 is 2.32 bits per heavy atom. The van der Waals surface area contributed by atoms with Crippen molar-refractivity contribution in [3.63, 3.8) is 0 Å². The van der Waals surface area contributed by atoms with Crippen LogP contribution in [0.2, 0.25) is 5.02 Å². The normalized spacial score (nSPS) is 17.7. The summed E-state index contributed by atoms with van der Waals surface area (Å²) in [5, 5.41) is 0.712. The largest absolute Gasteiger partial charge is 0.362 e. The Hall–Kier alpha value is -2.43. The van der Waals surface area contributed by atoms with Gasteiger partial charge in [-0.15, -0.1) is 0 Å². The molecule has 4 rings (SSSR count). The van der Waals surface area contributed by atoms with Crippen LogP contribution in [0.3, 0.4) is 0 Å². The van der Waals surface area contributed by atoms with Crippen LogP contribution in [-0.2, 0) is 6.54 Å².